The van der Waals surface area contributed by atoms with E-state index in [-0.39, 0.29) is 6.04 Å². The van der Waals surface area contributed by atoms with Crippen molar-refractivity contribution >= 4 is 27.9 Å². The summed E-state index contributed by atoms with van der Waals surface area (Å²) in [5, 5.41) is 9.48. The van der Waals surface area contributed by atoms with Gasteiger partial charge >= 0.3 is 0 Å². The van der Waals surface area contributed by atoms with E-state index in [1.54, 1.807) is 31.0 Å². The van der Waals surface area contributed by atoms with E-state index in [1.165, 1.54) is 0 Å². The molecule has 4 N–H and O–H groups in total. The zero-order chi connectivity index (χ0) is 23.4. The quantitative estimate of drug-likeness (QED) is 0.365. The minimum absolute atomic E-state index is 0.191. The standard InChI is InChI=1S/C25H20N10/c26-16-12-35(13-16)22-11-28-10-21(31-22)15-6-19-23(33-34-25(19)30-9-15)20-7-18-17(3-5-29-24(18)32-20)14-2-1-4-27-8-14/h1-11,16H,12-13,26H2,(H,29,32)(H,30,33,34). The van der Waals surface area contributed by atoms with E-state index in [9.17, 15) is 0 Å². The van der Waals surface area contributed by atoms with Crippen LogP contribution in [0.25, 0.3) is 55.8 Å². The molecule has 0 unspecified atom stereocenters. The molecule has 170 valence electrons. The van der Waals surface area contributed by atoms with Crippen molar-refractivity contribution in [1.82, 2.24) is 40.1 Å². The van der Waals surface area contributed by atoms with E-state index in [2.05, 4.69) is 46.1 Å². The van der Waals surface area contributed by atoms with Crippen molar-refractivity contribution in [1.29, 1.82) is 0 Å². The number of hydrogen-bond donors (Lipinski definition) is 3. The third kappa shape index (κ3) is 3.30. The smallest absolute Gasteiger partial charge is 0.155 e. The fourth-order valence-corrected chi connectivity index (χ4v) is 4.52. The fourth-order valence-electron chi connectivity index (χ4n) is 4.52. The molecule has 1 saturated heterocycles. The lowest BCUT2D eigenvalue weighted by atomic mass is 10.1. The Kier molecular flexibility index (Phi) is 4.33. The second-order valence-corrected chi connectivity index (χ2v) is 8.67. The van der Waals surface area contributed by atoms with Crippen LogP contribution in [0.4, 0.5) is 5.82 Å². The van der Waals surface area contributed by atoms with Gasteiger partial charge in [0.15, 0.2) is 5.65 Å². The van der Waals surface area contributed by atoms with Crippen molar-refractivity contribution < 1.29 is 0 Å². The highest BCUT2D eigenvalue weighted by molar-refractivity contribution is 5.99. The van der Waals surface area contributed by atoms with Crippen LogP contribution in [-0.2, 0) is 0 Å². The van der Waals surface area contributed by atoms with Crippen LogP contribution in [0.15, 0.2) is 67.5 Å². The summed E-state index contributed by atoms with van der Waals surface area (Å²) in [6.45, 7) is 1.58. The van der Waals surface area contributed by atoms with E-state index in [1.807, 2.05) is 30.5 Å². The number of nitrogens with zero attached hydrogens (tertiary/aromatic N) is 7. The van der Waals surface area contributed by atoms with Crippen LogP contribution in [-0.4, -0.2) is 59.2 Å². The first kappa shape index (κ1) is 19.7. The lowest BCUT2D eigenvalue weighted by Gasteiger charge is -2.37. The van der Waals surface area contributed by atoms with E-state index >= 15 is 0 Å². The van der Waals surface area contributed by atoms with Crippen LogP contribution in [0, 0.1) is 0 Å². The third-order valence-electron chi connectivity index (χ3n) is 6.33. The maximum Gasteiger partial charge on any atom is 0.155 e. The number of fused-ring (bicyclic) bond motifs is 2. The summed E-state index contributed by atoms with van der Waals surface area (Å²) in [4.78, 5) is 28.1. The van der Waals surface area contributed by atoms with Crippen LogP contribution in [0.3, 0.4) is 0 Å². The highest BCUT2D eigenvalue weighted by Crippen LogP contribution is 2.33. The Morgan fingerprint density at radius 3 is 2.69 bits per heavy atom. The highest BCUT2D eigenvalue weighted by Gasteiger charge is 2.25. The molecule has 0 amide bonds. The fraction of sp³-hybridized carbons (Fsp3) is 0.120. The van der Waals surface area contributed by atoms with Crippen LogP contribution in [0.5, 0.6) is 0 Å². The van der Waals surface area contributed by atoms with Gasteiger partial charge in [-0.1, -0.05) is 6.07 Å². The summed E-state index contributed by atoms with van der Waals surface area (Å²) in [5.74, 6) is 0.821. The summed E-state index contributed by atoms with van der Waals surface area (Å²) in [7, 11) is 0. The number of rotatable bonds is 4. The Hall–Kier alpha value is -4.70. The van der Waals surface area contributed by atoms with E-state index in [0.29, 0.717) is 5.65 Å². The van der Waals surface area contributed by atoms with Crippen molar-refractivity contribution in [3.05, 3.63) is 67.5 Å². The van der Waals surface area contributed by atoms with Gasteiger partial charge in [-0.2, -0.15) is 5.10 Å². The Morgan fingerprint density at radius 2 is 1.83 bits per heavy atom. The Labute approximate surface area is 199 Å². The van der Waals surface area contributed by atoms with Gasteiger partial charge in [-0.3, -0.25) is 15.1 Å². The first-order chi connectivity index (χ1) is 17.2. The molecule has 0 saturated carbocycles. The molecule has 0 bridgehead atoms. The van der Waals surface area contributed by atoms with E-state index in [4.69, 9.17) is 10.7 Å². The molecular weight excluding hydrogens is 440 g/mol. The largest absolute Gasteiger partial charge is 0.352 e. The number of aromatic amines is 2. The molecule has 7 heterocycles. The minimum Gasteiger partial charge on any atom is -0.352 e. The number of nitrogens with one attached hydrogen (secondary N) is 2. The molecule has 0 spiro atoms. The lowest BCUT2D eigenvalue weighted by Crippen LogP contribution is -2.56. The van der Waals surface area contributed by atoms with Gasteiger partial charge in [0.25, 0.3) is 0 Å². The summed E-state index contributed by atoms with van der Waals surface area (Å²) in [6.07, 6.45) is 10.7. The Morgan fingerprint density at radius 1 is 0.886 bits per heavy atom. The summed E-state index contributed by atoms with van der Waals surface area (Å²) in [5.41, 5.74) is 12.7. The number of pyridine rings is 3. The van der Waals surface area contributed by atoms with Gasteiger partial charge < -0.3 is 15.6 Å². The topological polar surface area (TPSA) is 138 Å². The van der Waals surface area contributed by atoms with Crippen molar-refractivity contribution in [3.63, 3.8) is 0 Å². The van der Waals surface area contributed by atoms with Crippen molar-refractivity contribution in [2.75, 3.05) is 18.0 Å². The molecule has 10 heteroatoms. The predicted molar refractivity (Wildman–Crippen MR) is 133 cm³/mol. The Bertz CT molecular complexity index is 1680. The number of H-pyrrole nitrogens is 2. The molecular formula is C25H20N10. The average molecular weight is 461 g/mol. The molecule has 1 aliphatic heterocycles. The van der Waals surface area contributed by atoms with Gasteiger partial charge in [0.1, 0.15) is 17.2 Å². The van der Waals surface area contributed by atoms with Crippen molar-refractivity contribution in [3.8, 4) is 33.8 Å². The van der Waals surface area contributed by atoms with Gasteiger partial charge in [-0.05, 0) is 29.8 Å². The van der Waals surface area contributed by atoms with Crippen LogP contribution >= 0.6 is 0 Å². The molecule has 6 aromatic heterocycles. The normalized spacial score (nSPS) is 14.0. The molecule has 0 atom stereocenters. The molecule has 0 aliphatic carbocycles. The Balaban J connectivity index is 1.31. The minimum atomic E-state index is 0.191. The number of aromatic nitrogens is 8. The second-order valence-electron chi connectivity index (χ2n) is 8.67. The maximum atomic E-state index is 5.93. The van der Waals surface area contributed by atoms with Crippen LogP contribution < -0.4 is 10.6 Å². The summed E-state index contributed by atoms with van der Waals surface area (Å²) < 4.78 is 0. The lowest BCUT2D eigenvalue weighted by molar-refractivity contribution is 0.514. The molecule has 10 nitrogen and oxygen atoms in total. The molecule has 0 aromatic carbocycles. The van der Waals surface area contributed by atoms with Crippen molar-refractivity contribution in [2.24, 2.45) is 5.73 Å². The first-order valence-corrected chi connectivity index (χ1v) is 11.3. The summed E-state index contributed by atoms with van der Waals surface area (Å²) >= 11 is 0. The van der Waals surface area contributed by atoms with E-state index in [0.717, 1.165) is 69.1 Å². The zero-order valence-corrected chi connectivity index (χ0v) is 18.6. The number of nitrogens with two attached hydrogens (primary N) is 1. The van der Waals surface area contributed by atoms with Crippen molar-refractivity contribution in [2.45, 2.75) is 6.04 Å². The molecule has 35 heavy (non-hydrogen) atoms. The molecule has 1 aliphatic rings. The number of anilines is 1. The molecule has 7 rings (SSSR count). The summed E-state index contributed by atoms with van der Waals surface area (Å²) in [6, 6.07) is 10.3. The van der Waals surface area contributed by atoms with Gasteiger partial charge in [0.05, 0.1) is 23.8 Å². The van der Waals surface area contributed by atoms with Crippen LogP contribution in [0.2, 0.25) is 0 Å². The molecule has 6 aromatic rings. The zero-order valence-electron chi connectivity index (χ0n) is 18.6. The van der Waals surface area contributed by atoms with Gasteiger partial charge in [0, 0.05) is 65.8 Å². The third-order valence-corrected chi connectivity index (χ3v) is 6.33. The highest BCUT2D eigenvalue weighted by atomic mass is 15.3. The van der Waals surface area contributed by atoms with Gasteiger partial charge in [0.2, 0.25) is 0 Å². The number of hydrogen-bond acceptors (Lipinski definition) is 8. The SMILES string of the molecule is NC1CN(c2cncc(-c3cnc4[nH]nc(-c5cc6c(-c7cccnc7)ccnc6[nH]5)c4c3)n2)C1. The second kappa shape index (κ2) is 7.67. The maximum absolute atomic E-state index is 5.93. The average Bonchev–Trinajstić information content (AvgIpc) is 3.51. The van der Waals surface area contributed by atoms with Gasteiger partial charge in [-0.15, -0.1) is 0 Å². The first-order valence-electron chi connectivity index (χ1n) is 11.3. The molecule has 1 fully saturated rings. The van der Waals surface area contributed by atoms with Gasteiger partial charge in [-0.25, -0.2) is 15.0 Å². The van der Waals surface area contributed by atoms with E-state index < -0.39 is 0 Å². The predicted octanol–water partition coefficient (Wildman–Crippen LogP) is 3.17. The molecule has 0 radical (unpaired) electrons. The monoisotopic (exact) mass is 460 g/mol. The van der Waals surface area contributed by atoms with Crippen LogP contribution in [0.1, 0.15) is 0 Å².